The van der Waals surface area contributed by atoms with E-state index in [4.69, 9.17) is 73.4 Å². The number of thiazole rings is 4. The van der Waals surface area contributed by atoms with E-state index in [9.17, 15) is 19.2 Å². The molecule has 8 rings (SSSR count). The van der Waals surface area contributed by atoms with Gasteiger partial charge in [-0.2, -0.15) is 7.11 Å². The number of thiocarbonyl (C=S) groups is 1. The van der Waals surface area contributed by atoms with Gasteiger partial charge in [-0.05, 0) is 108 Å². The van der Waals surface area contributed by atoms with Crippen molar-refractivity contribution in [2.75, 3.05) is 60.6 Å². The van der Waals surface area contributed by atoms with E-state index in [2.05, 4.69) is 135 Å². The van der Waals surface area contributed by atoms with Crippen LogP contribution in [0, 0.1) is 0 Å². The zero-order valence-corrected chi connectivity index (χ0v) is 75.4. The van der Waals surface area contributed by atoms with Crippen LogP contribution in [0.2, 0.25) is 18.1 Å². The third-order valence-corrected chi connectivity index (χ3v) is 24.6. The Morgan fingerprint density at radius 3 is 1.14 bits per heavy atom. The van der Waals surface area contributed by atoms with E-state index in [1.54, 1.807) is 29.6 Å². The molecule has 0 aliphatic heterocycles. The molecule has 0 spiro atoms. The largest absolute Gasteiger partial charge is 1.00 e. The number of nitrogens with two attached hydrogens (primary N) is 2. The van der Waals surface area contributed by atoms with Crippen molar-refractivity contribution in [3.05, 3.63) is 198 Å². The summed E-state index contributed by atoms with van der Waals surface area (Å²) >= 11 is 30.7. The van der Waals surface area contributed by atoms with Gasteiger partial charge in [0.25, 0.3) is 0 Å². The molecule has 20 nitrogen and oxygen atoms in total. The molecule has 4 aromatic heterocycles. The number of nitrogen functional groups attached to an aromatic ring is 1. The number of carbonyl (C=O) groups is 4. The minimum atomic E-state index is -1.77. The maximum absolute atomic E-state index is 11.4. The normalized spacial score (nSPS) is 10.3. The van der Waals surface area contributed by atoms with Gasteiger partial charge in [-0.3, -0.25) is 14.4 Å². The third-order valence-electron chi connectivity index (χ3n) is 13.7. The van der Waals surface area contributed by atoms with Crippen molar-refractivity contribution in [1.82, 2.24) is 19.9 Å². The Kier molecular flexibility index (Phi) is 62.0. The average molecular weight is 1810 g/mol. The summed E-state index contributed by atoms with van der Waals surface area (Å²) in [6, 6.07) is 40.4. The van der Waals surface area contributed by atoms with Crippen molar-refractivity contribution in [1.29, 1.82) is 0 Å². The van der Waals surface area contributed by atoms with Crippen LogP contribution in [0.3, 0.4) is 0 Å². The van der Waals surface area contributed by atoms with Gasteiger partial charge in [0.1, 0.15) is 6.29 Å². The summed E-state index contributed by atoms with van der Waals surface area (Å²) in [6.45, 7) is 21.8. The van der Waals surface area contributed by atoms with Crippen LogP contribution in [0.5, 0.6) is 0 Å². The molecule has 4 heterocycles. The minimum absolute atomic E-state index is 0. The SMILES string of the molecule is CC(=O)C(Cl)Cl.CC(C)(C)[Si](C)(C)OCc1nc(Br)sc1CCOCc1ccccc1.CC(N)=S.CCCC=O.CO.COC(=O)Cc1nc(Br)sc1CCOCc1ccccc1.COC(=O)Cc1nc(N)sc1CCOCc1ccccc1.C[O-].OCc1nc(Br)sc1CCOCc1ccccc1.[Na+]. The Labute approximate surface area is 700 Å². The topological polar surface area (TPSA) is 300 Å². The fourth-order valence-corrected chi connectivity index (χ4v) is 14.0. The maximum Gasteiger partial charge on any atom is 1.00 e. The molecule has 0 amide bonds. The molecule has 0 saturated heterocycles. The number of aldehydes is 1. The second kappa shape index (κ2) is 63.0. The van der Waals surface area contributed by atoms with E-state index in [0.717, 1.165) is 101 Å². The van der Waals surface area contributed by atoms with Gasteiger partial charge < -0.3 is 64.4 Å². The molecule has 0 aliphatic carbocycles. The number of hydrogen-bond donors (Lipinski definition) is 4. The first-order chi connectivity index (χ1) is 49.6. The van der Waals surface area contributed by atoms with Gasteiger partial charge >= 0.3 is 41.5 Å². The smallest absolute Gasteiger partial charge is 0.857 e. The summed E-state index contributed by atoms with van der Waals surface area (Å²) in [6.07, 6.45) is 6.04. The molecule has 0 aliphatic rings. The summed E-state index contributed by atoms with van der Waals surface area (Å²) in [5.41, 5.74) is 18.5. The van der Waals surface area contributed by atoms with Gasteiger partial charge in [-0.25, -0.2) is 19.9 Å². The van der Waals surface area contributed by atoms with Gasteiger partial charge in [0.2, 0.25) is 0 Å². The van der Waals surface area contributed by atoms with Crippen LogP contribution in [0.1, 0.15) is 119 Å². The van der Waals surface area contributed by atoms with Gasteiger partial charge in [0.05, 0.1) is 121 Å². The number of rotatable bonds is 31. The van der Waals surface area contributed by atoms with Crippen LogP contribution in [0.15, 0.2) is 133 Å². The molecule has 105 heavy (non-hydrogen) atoms. The number of esters is 2. The average Bonchev–Trinajstić information content (AvgIpc) is 1.69. The molecule has 8 aromatic rings. The Morgan fingerprint density at radius 1 is 0.581 bits per heavy atom. The number of hydrogen-bond acceptors (Lipinski definition) is 24. The van der Waals surface area contributed by atoms with Gasteiger partial charge in [-0.1, -0.05) is 184 Å². The summed E-state index contributed by atoms with van der Waals surface area (Å²) in [7, 11) is 2.73. The summed E-state index contributed by atoms with van der Waals surface area (Å²) < 4.78 is 40.9. The number of Topliss-reactive ketones (excluding diaryl/α,β-unsaturated/α-hetero) is 1. The number of alkyl halides is 2. The van der Waals surface area contributed by atoms with Crippen LogP contribution in [0.4, 0.5) is 5.13 Å². The van der Waals surface area contributed by atoms with Crippen molar-refractivity contribution in [2.45, 2.75) is 156 Å². The molecule has 0 saturated carbocycles. The number of aliphatic hydroxyl groups is 2. The number of aromatic nitrogens is 4. The maximum atomic E-state index is 11.4. The number of carbonyl (C=O) groups excluding carboxylic acids is 4. The Morgan fingerprint density at radius 2 is 0.867 bits per heavy atom. The van der Waals surface area contributed by atoms with E-state index in [1.165, 1.54) is 59.8 Å². The number of ketones is 1. The summed E-state index contributed by atoms with van der Waals surface area (Å²) in [5.74, 6) is -0.802. The van der Waals surface area contributed by atoms with Crippen molar-refractivity contribution in [3.8, 4) is 0 Å². The van der Waals surface area contributed by atoms with Crippen molar-refractivity contribution in [2.24, 2.45) is 5.73 Å². The van der Waals surface area contributed by atoms with Gasteiger partial charge in [-0.15, -0.1) is 45.3 Å². The molecule has 0 fully saturated rings. The van der Waals surface area contributed by atoms with E-state index in [0.29, 0.717) is 88.1 Å². The number of methoxy groups -OCH3 is 2. The first-order valence-corrected chi connectivity index (χ1v) is 42.3. The molecule has 0 unspecified atom stereocenters. The first-order valence-electron chi connectivity index (χ1n) is 32.5. The van der Waals surface area contributed by atoms with E-state index >= 15 is 0 Å². The Hall–Kier alpha value is -3.71. The fourth-order valence-electron chi connectivity index (χ4n) is 7.47. The third kappa shape index (κ3) is 49.9. The number of nitrogens with zero attached hydrogens (tertiary/aromatic N) is 4. The number of aliphatic hydroxyl groups excluding tert-OH is 2. The molecular weight excluding hydrogens is 1710 g/mol. The second-order valence-corrected chi connectivity index (χ2v) is 37.5. The van der Waals surface area contributed by atoms with Crippen molar-refractivity contribution in [3.63, 3.8) is 0 Å². The number of benzene rings is 4. The zero-order chi connectivity index (χ0) is 78.3. The number of unbranched alkanes of at least 4 members (excludes halogenated alkanes) is 1. The summed E-state index contributed by atoms with van der Waals surface area (Å²) in [5, 5.41) is 25.1. The van der Waals surface area contributed by atoms with E-state index < -0.39 is 13.2 Å². The van der Waals surface area contributed by atoms with Crippen LogP contribution >= 0.6 is 129 Å². The number of halogens is 5. The van der Waals surface area contributed by atoms with Crippen molar-refractivity contribution >= 4 is 171 Å². The quantitative estimate of drug-likeness (QED) is 0.00783. The molecule has 6 N–H and O–H groups in total. The van der Waals surface area contributed by atoms with Gasteiger partial charge in [0, 0.05) is 58.7 Å². The molecule has 576 valence electrons. The summed E-state index contributed by atoms with van der Waals surface area (Å²) in [4.78, 5) is 63.3. The molecule has 0 bridgehead atoms. The fraction of sp³-hybridized carbons (Fsp3) is 0.438. The minimum Gasteiger partial charge on any atom is -0.857 e. The second-order valence-electron chi connectivity index (χ2n) is 22.8. The molecular formula is C73H100Br3Cl2N6NaO14S5Si. The standard InChI is InChI=1S/C19H28BrNO2SSi.C15H16BrNO3S.C15H18N2O3S.C13H14BrNO2S.C4H8O.C3H4Cl2O.C2H5NS.CH4O.CH3O.Na/c1-19(2,3)25(4,5)23-14-16-17(24-18(20)21-16)11-12-22-13-15-9-7-6-8-10-15;2*1-19-14(18)9-12-13(21-15(16)17-12)7-8-20-10-11-5-3-2-4-6-11;14-13-15-11(8-16)12(18-13)6-7-17-9-10-4-2-1-3-5-10;1-2-3-4-5;1-2(6)3(4)5;1-2(3)4;2*1-2;/h6-10H,11-14H2,1-5H3;2-6H,7-10H2,1H3;2-6H,7-10H2,1H3,(H2,16,17);1-5,16H,6-9H2;4H,2-3H2,1H3;3H,1H3;1H3,(H2,3,4);2H,1H3;1H3;/q;;;;;;;;-1;+1. The molecule has 32 heteroatoms. The monoisotopic (exact) mass is 1800 g/mol. The zero-order valence-electron chi connectivity index (χ0n) is 62.1. The number of ether oxygens (including phenoxy) is 6. The molecule has 0 atom stereocenters. The van der Waals surface area contributed by atoms with Crippen molar-refractivity contribution < 1.29 is 96.9 Å². The van der Waals surface area contributed by atoms with Crippen LogP contribution in [-0.4, -0.2) is 127 Å². The Bertz CT molecular complexity index is 3460. The van der Waals surface area contributed by atoms with E-state index in [-0.39, 0.29) is 71.8 Å². The Balaban J connectivity index is 0. The predicted molar refractivity (Wildman–Crippen MR) is 438 cm³/mol. The first kappa shape index (κ1) is 103. The number of anilines is 1. The molecule has 0 radical (unpaired) electrons. The van der Waals surface area contributed by atoms with Crippen LogP contribution < -0.4 is 46.1 Å². The van der Waals surface area contributed by atoms with Crippen LogP contribution in [-0.2, 0) is 130 Å². The predicted octanol–water partition coefficient (Wildman–Crippen LogP) is 13.2. The van der Waals surface area contributed by atoms with E-state index in [1.807, 2.05) is 116 Å². The van der Waals surface area contributed by atoms with Gasteiger partial charge in [0.15, 0.2) is 35.8 Å². The molecule has 4 aromatic carbocycles. The van der Waals surface area contributed by atoms with Crippen LogP contribution in [0.25, 0.3) is 0 Å².